The maximum atomic E-state index is 13.7. The first-order valence-corrected chi connectivity index (χ1v) is 9.58. The fraction of sp³-hybridized carbons (Fsp3) is 0.278. The molecule has 25 heavy (non-hydrogen) atoms. The number of nitrogens with one attached hydrogen (secondary N) is 1. The third-order valence-electron chi connectivity index (χ3n) is 4.17. The van der Waals surface area contributed by atoms with Crippen molar-refractivity contribution in [1.29, 1.82) is 0 Å². The molecule has 2 aromatic rings. The molecule has 5 nitrogen and oxygen atoms in total. The molecular formula is C18H19FN2O3S. The Morgan fingerprint density at radius 3 is 2.44 bits per heavy atom. The van der Waals surface area contributed by atoms with Gasteiger partial charge in [-0.05, 0) is 43.2 Å². The first-order valence-electron chi connectivity index (χ1n) is 8.14. The van der Waals surface area contributed by atoms with Crippen LogP contribution in [0, 0.1) is 5.82 Å². The minimum atomic E-state index is -3.62. The van der Waals surface area contributed by atoms with Crippen LogP contribution >= 0.6 is 0 Å². The number of sulfonamides is 1. The molecule has 0 aliphatic carbocycles. The molecular weight excluding hydrogens is 343 g/mol. The number of hydrogen-bond acceptors (Lipinski definition) is 3. The summed E-state index contributed by atoms with van der Waals surface area (Å²) in [5.74, 6) is -1.10. The van der Waals surface area contributed by atoms with Gasteiger partial charge in [0.2, 0.25) is 10.0 Å². The van der Waals surface area contributed by atoms with Gasteiger partial charge < -0.3 is 5.32 Å². The third kappa shape index (κ3) is 3.88. The largest absolute Gasteiger partial charge is 0.319 e. The van der Waals surface area contributed by atoms with Crippen molar-refractivity contribution in [2.75, 3.05) is 18.4 Å². The van der Waals surface area contributed by atoms with Crippen LogP contribution in [0.2, 0.25) is 0 Å². The van der Waals surface area contributed by atoms with Gasteiger partial charge in [-0.25, -0.2) is 12.8 Å². The van der Waals surface area contributed by atoms with Crippen molar-refractivity contribution in [2.45, 2.75) is 24.2 Å². The average molecular weight is 362 g/mol. The molecule has 1 saturated heterocycles. The zero-order chi connectivity index (χ0) is 17.9. The maximum absolute atomic E-state index is 13.7. The minimum Gasteiger partial charge on any atom is -0.319 e. The molecule has 0 aromatic heterocycles. The Balaban J connectivity index is 1.83. The monoisotopic (exact) mass is 362 g/mol. The molecule has 0 bridgehead atoms. The van der Waals surface area contributed by atoms with Crippen LogP contribution < -0.4 is 5.32 Å². The summed E-state index contributed by atoms with van der Waals surface area (Å²) in [6.07, 6.45) is 2.70. The van der Waals surface area contributed by atoms with Crippen LogP contribution in [0.15, 0.2) is 53.4 Å². The number of rotatable bonds is 4. The Kier molecular flexibility index (Phi) is 5.15. The van der Waals surface area contributed by atoms with Gasteiger partial charge in [0.25, 0.3) is 5.91 Å². The van der Waals surface area contributed by atoms with Gasteiger partial charge in [0.05, 0.1) is 10.6 Å². The molecule has 0 saturated carbocycles. The average Bonchev–Trinajstić information content (AvgIpc) is 2.64. The summed E-state index contributed by atoms with van der Waals surface area (Å²) in [6, 6.07) is 11.7. The fourth-order valence-electron chi connectivity index (χ4n) is 2.81. The second-order valence-electron chi connectivity index (χ2n) is 5.93. The van der Waals surface area contributed by atoms with E-state index < -0.39 is 21.7 Å². The van der Waals surface area contributed by atoms with Crippen molar-refractivity contribution in [1.82, 2.24) is 4.31 Å². The number of benzene rings is 2. The number of anilines is 1. The number of halogens is 1. The number of carbonyl (C=O) groups is 1. The number of carbonyl (C=O) groups excluding carboxylic acids is 1. The first kappa shape index (κ1) is 17.6. The molecule has 1 fully saturated rings. The summed E-state index contributed by atoms with van der Waals surface area (Å²) < 4.78 is 40.5. The molecule has 0 spiro atoms. The highest BCUT2D eigenvalue weighted by Gasteiger charge is 2.26. The van der Waals surface area contributed by atoms with E-state index in [1.807, 2.05) is 0 Å². The van der Waals surface area contributed by atoms with Crippen molar-refractivity contribution in [3.63, 3.8) is 0 Å². The molecule has 7 heteroatoms. The lowest BCUT2D eigenvalue weighted by molar-refractivity contribution is 0.102. The van der Waals surface area contributed by atoms with E-state index in [0.29, 0.717) is 13.1 Å². The SMILES string of the molecule is O=C(Nc1ccccc1F)c1cccc(S(=O)(=O)N2CCCCC2)c1. The standard InChI is InChI=1S/C18H19FN2O3S/c19-16-9-2-3-10-17(16)20-18(22)14-7-6-8-15(13-14)25(23,24)21-11-4-1-5-12-21/h2-3,6-10,13H,1,4-5,11-12H2,(H,20,22). The highest BCUT2D eigenvalue weighted by Crippen LogP contribution is 2.22. The van der Waals surface area contributed by atoms with Crippen molar-refractivity contribution in [3.05, 3.63) is 59.9 Å². The van der Waals surface area contributed by atoms with Crippen molar-refractivity contribution >= 4 is 21.6 Å². The van der Waals surface area contributed by atoms with E-state index in [0.717, 1.165) is 19.3 Å². The quantitative estimate of drug-likeness (QED) is 0.908. The Morgan fingerprint density at radius 2 is 1.72 bits per heavy atom. The lowest BCUT2D eigenvalue weighted by Crippen LogP contribution is -2.35. The Hall–Kier alpha value is -2.25. The third-order valence-corrected chi connectivity index (χ3v) is 6.07. The highest BCUT2D eigenvalue weighted by atomic mass is 32.2. The number of nitrogens with zero attached hydrogens (tertiary/aromatic N) is 1. The number of hydrogen-bond donors (Lipinski definition) is 1. The van der Waals surface area contributed by atoms with E-state index in [4.69, 9.17) is 0 Å². The van der Waals surface area contributed by atoms with Gasteiger partial charge in [-0.3, -0.25) is 4.79 Å². The van der Waals surface area contributed by atoms with E-state index in [2.05, 4.69) is 5.32 Å². The maximum Gasteiger partial charge on any atom is 0.255 e. The van der Waals surface area contributed by atoms with E-state index in [1.165, 1.54) is 46.8 Å². The smallest absolute Gasteiger partial charge is 0.255 e. The Morgan fingerprint density at radius 1 is 1.00 bits per heavy atom. The molecule has 1 amide bonds. The van der Waals surface area contributed by atoms with Crippen LogP contribution in [-0.4, -0.2) is 31.7 Å². The molecule has 1 aliphatic rings. The van der Waals surface area contributed by atoms with E-state index in [9.17, 15) is 17.6 Å². The molecule has 0 unspecified atom stereocenters. The molecule has 1 N–H and O–H groups in total. The number of para-hydroxylation sites is 1. The zero-order valence-electron chi connectivity index (χ0n) is 13.6. The van der Waals surface area contributed by atoms with Gasteiger partial charge in [-0.1, -0.05) is 24.6 Å². The Bertz CT molecular complexity index is 877. The molecule has 1 heterocycles. The van der Waals surface area contributed by atoms with Crippen LogP contribution in [0.5, 0.6) is 0 Å². The summed E-state index contributed by atoms with van der Waals surface area (Å²) in [5, 5.41) is 2.46. The van der Waals surface area contributed by atoms with Crippen LogP contribution in [0.3, 0.4) is 0 Å². The van der Waals surface area contributed by atoms with Crippen LogP contribution in [0.25, 0.3) is 0 Å². The summed E-state index contributed by atoms with van der Waals surface area (Å²) in [4.78, 5) is 12.4. The van der Waals surface area contributed by atoms with Gasteiger partial charge in [0, 0.05) is 18.7 Å². The van der Waals surface area contributed by atoms with Gasteiger partial charge in [-0.15, -0.1) is 0 Å². The van der Waals surface area contributed by atoms with Crippen LogP contribution in [0.1, 0.15) is 29.6 Å². The molecule has 0 radical (unpaired) electrons. The van der Waals surface area contributed by atoms with E-state index in [-0.39, 0.29) is 16.1 Å². The fourth-order valence-corrected chi connectivity index (χ4v) is 4.37. The molecule has 2 aromatic carbocycles. The summed E-state index contributed by atoms with van der Waals surface area (Å²) in [6.45, 7) is 0.988. The lowest BCUT2D eigenvalue weighted by Gasteiger charge is -2.26. The summed E-state index contributed by atoms with van der Waals surface area (Å²) in [7, 11) is -3.62. The lowest BCUT2D eigenvalue weighted by atomic mass is 10.2. The Labute approximate surface area is 146 Å². The predicted molar refractivity (Wildman–Crippen MR) is 93.4 cm³/mol. The summed E-state index contributed by atoms with van der Waals surface area (Å²) >= 11 is 0. The number of piperidine rings is 1. The van der Waals surface area contributed by atoms with Crippen LogP contribution in [0.4, 0.5) is 10.1 Å². The van der Waals surface area contributed by atoms with Crippen molar-refractivity contribution < 1.29 is 17.6 Å². The van der Waals surface area contributed by atoms with Gasteiger partial charge in [0.1, 0.15) is 5.82 Å². The highest BCUT2D eigenvalue weighted by molar-refractivity contribution is 7.89. The molecule has 3 rings (SSSR count). The molecule has 1 aliphatic heterocycles. The van der Waals surface area contributed by atoms with E-state index >= 15 is 0 Å². The normalized spacial score (nSPS) is 15.7. The predicted octanol–water partition coefficient (Wildman–Crippen LogP) is 3.25. The van der Waals surface area contributed by atoms with Gasteiger partial charge in [0.15, 0.2) is 0 Å². The summed E-state index contributed by atoms with van der Waals surface area (Å²) in [5.41, 5.74) is 0.220. The van der Waals surface area contributed by atoms with E-state index in [1.54, 1.807) is 6.07 Å². The first-order chi connectivity index (χ1) is 12.0. The minimum absolute atomic E-state index is 0.0526. The molecule has 0 atom stereocenters. The second-order valence-corrected chi connectivity index (χ2v) is 7.86. The van der Waals surface area contributed by atoms with Crippen molar-refractivity contribution in [2.24, 2.45) is 0 Å². The number of amides is 1. The van der Waals surface area contributed by atoms with Crippen molar-refractivity contribution in [3.8, 4) is 0 Å². The molecule has 132 valence electrons. The van der Waals surface area contributed by atoms with Gasteiger partial charge >= 0.3 is 0 Å². The zero-order valence-corrected chi connectivity index (χ0v) is 14.4. The van der Waals surface area contributed by atoms with Gasteiger partial charge in [-0.2, -0.15) is 4.31 Å². The second kappa shape index (κ2) is 7.33. The topological polar surface area (TPSA) is 66.5 Å². The van der Waals surface area contributed by atoms with Crippen LogP contribution in [-0.2, 0) is 10.0 Å².